The van der Waals surface area contributed by atoms with Crippen LogP contribution in [0.3, 0.4) is 0 Å². The van der Waals surface area contributed by atoms with Crippen LogP contribution in [0.2, 0.25) is 0 Å². The highest BCUT2D eigenvalue weighted by Crippen LogP contribution is 2.19. The second-order valence-electron chi connectivity index (χ2n) is 5.20. The van der Waals surface area contributed by atoms with E-state index in [0.717, 1.165) is 25.3 Å². The van der Waals surface area contributed by atoms with E-state index in [9.17, 15) is 12.8 Å². The quantitative estimate of drug-likeness (QED) is 0.923. The summed E-state index contributed by atoms with van der Waals surface area (Å²) >= 11 is 0. The molecule has 0 saturated carbocycles. The van der Waals surface area contributed by atoms with Gasteiger partial charge in [0.1, 0.15) is 5.82 Å². The number of hydrogen-bond donors (Lipinski definition) is 1. The van der Waals surface area contributed by atoms with Crippen LogP contribution in [-0.4, -0.2) is 25.3 Å². The second-order valence-corrected chi connectivity index (χ2v) is 6.91. The molecular formula is C14H18FN3O2S. The van der Waals surface area contributed by atoms with Gasteiger partial charge in [-0.3, -0.25) is 0 Å². The summed E-state index contributed by atoms with van der Waals surface area (Å²) in [6.45, 7) is 2.25. The first-order valence-corrected chi connectivity index (χ1v) is 8.33. The van der Waals surface area contributed by atoms with Crippen molar-refractivity contribution in [3.8, 4) is 6.07 Å². The molecule has 1 N–H and O–H groups in total. The van der Waals surface area contributed by atoms with Crippen LogP contribution in [0.5, 0.6) is 0 Å². The highest BCUT2D eigenvalue weighted by Gasteiger charge is 2.29. The van der Waals surface area contributed by atoms with Crippen LogP contribution in [0.25, 0.3) is 0 Å². The molecule has 7 heteroatoms. The molecule has 0 amide bonds. The van der Waals surface area contributed by atoms with Gasteiger partial charge in [0.05, 0.1) is 11.6 Å². The van der Waals surface area contributed by atoms with Crippen molar-refractivity contribution < 1.29 is 12.8 Å². The van der Waals surface area contributed by atoms with Gasteiger partial charge in [0.25, 0.3) is 10.2 Å². The number of halogens is 1. The van der Waals surface area contributed by atoms with Crippen molar-refractivity contribution in [3.05, 3.63) is 35.1 Å². The third kappa shape index (κ3) is 3.79. The Bertz CT molecular complexity index is 655. The molecular weight excluding hydrogens is 293 g/mol. The van der Waals surface area contributed by atoms with Gasteiger partial charge in [-0.25, -0.2) is 4.39 Å². The van der Waals surface area contributed by atoms with E-state index in [1.807, 2.05) is 13.0 Å². The first kappa shape index (κ1) is 15.9. The predicted octanol–water partition coefficient (Wildman–Crippen LogP) is 1.91. The minimum atomic E-state index is -3.61. The van der Waals surface area contributed by atoms with Crippen molar-refractivity contribution in [2.45, 2.75) is 38.8 Å². The van der Waals surface area contributed by atoms with E-state index in [-0.39, 0.29) is 23.7 Å². The summed E-state index contributed by atoms with van der Waals surface area (Å²) in [4.78, 5) is 0. The number of nitrogens with zero attached hydrogens (tertiary/aromatic N) is 2. The number of nitriles is 1. The van der Waals surface area contributed by atoms with E-state index in [0.29, 0.717) is 6.54 Å². The number of piperidine rings is 1. The fourth-order valence-electron chi connectivity index (χ4n) is 2.44. The molecule has 1 atom stereocenters. The standard InChI is InChI=1S/C14H18FN3O2S/c1-11-4-2-3-7-18(11)21(19,20)17-10-13-6-5-12(9-16)8-14(13)15/h5-6,8,11,17H,2-4,7,10H2,1H3. The fraction of sp³-hybridized carbons (Fsp3) is 0.500. The smallest absolute Gasteiger partial charge is 0.207 e. The molecule has 1 aliphatic heterocycles. The van der Waals surface area contributed by atoms with E-state index in [1.54, 1.807) is 0 Å². The third-order valence-electron chi connectivity index (χ3n) is 3.68. The molecule has 1 aromatic carbocycles. The Morgan fingerprint density at radius 3 is 2.86 bits per heavy atom. The van der Waals surface area contributed by atoms with Gasteiger partial charge >= 0.3 is 0 Å². The van der Waals surface area contributed by atoms with E-state index in [2.05, 4.69) is 4.72 Å². The van der Waals surface area contributed by atoms with Crippen LogP contribution in [-0.2, 0) is 16.8 Å². The molecule has 0 spiro atoms. The molecule has 1 fully saturated rings. The van der Waals surface area contributed by atoms with Crippen LogP contribution in [0.15, 0.2) is 18.2 Å². The van der Waals surface area contributed by atoms with Crippen molar-refractivity contribution >= 4 is 10.2 Å². The predicted molar refractivity (Wildman–Crippen MR) is 76.9 cm³/mol. The van der Waals surface area contributed by atoms with Gasteiger partial charge in [0.2, 0.25) is 0 Å². The Morgan fingerprint density at radius 2 is 2.24 bits per heavy atom. The molecule has 21 heavy (non-hydrogen) atoms. The molecule has 2 rings (SSSR count). The Kier molecular flexibility index (Phi) is 4.93. The molecule has 0 radical (unpaired) electrons. The summed E-state index contributed by atoms with van der Waals surface area (Å²) in [6.07, 6.45) is 2.71. The fourth-order valence-corrected chi connectivity index (χ4v) is 3.89. The lowest BCUT2D eigenvalue weighted by molar-refractivity contribution is 0.265. The van der Waals surface area contributed by atoms with Crippen LogP contribution in [0.4, 0.5) is 4.39 Å². The molecule has 0 aromatic heterocycles. The summed E-state index contributed by atoms with van der Waals surface area (Å²) in [5.41, 5.74) is 0.436. The Morgan fingerprint density at radius 1 is 1.48 bits per heavy atom. The summed E-state index contributed by atoms with van der Waals surface area (Å²) < 4.78 is 42.1. The minimum Gasteiger partial charge on any atom is -0.207 e. The van der Waals surface area contributed by atoms with Crippen molar-refractivity contribution in [1.82, 2.24) is 9.03 Å². The molecule has 0 bridgehead atoms. The molecule has 1 saturated heterocycles. The summed E-state index contributed by atoms with van der Waals surface area (Å²) in [5.74, 6) is -0.580. The second kappa shape index (κ2) is 6.52. The average molecular weight is 311 g/mol. The lowest BCUT2D eigenvalue weighted by atomic mass is 10.1. The summed E-state index contributed by atoms with van der Waals surface area (Å²) in [7, 11) is -3.61. The van der Waals surface area contributed by atoms with Crippen molar-refractivity contribution in [2.24, 2.45) is 0 Å². The molecule has 1 unspecified atom stereocenters. The van der Waals surface area contributed by atoms with Gasteiger partial charge in [0, 0.05) is 24.7 Å². The maximum atomic E-state index is 13.7. The van der Waals surface area contributed by atoms with E-state index >= 15 is 0 Å². The number of benzene rings is 1. The Hall–Kier alpha value is -1.49. The van der Waals surface area contributed by atoms with Crippen LogP contribution < -0.4 is 4.72 Å². The van der Waals surface area contributed by atoms with Gasteiger partial charge in [-0.05, 0) is 31.9 Å². The first-order valence-electron chi connectivity index (χ1n) is 6.89. The topological polar surface area (TPSA) is 73.2 Å². The van der Waals surface area contributed by atoms with Gasteiger partial charge in [-0.1, -0.05) is 12.5 Å². The SMILES string of the molecule is CC1CCCCN1S(=O)(=O)NCc1ccc(C#N)cc1F. The molecule has 1 heterocycles. The zero-order valence-electron chi connectivity index (χ0n) is 11.8. The van der Waals surface area contributed by atoms with Crippen molar-refractivity contribution in [1.29, 1.82) is 5.26 Å². The summed E-state index contributed by atoms with van der Waals surface area (Å²) in [6, 6.07) is 5.80. The van der Waals surface area contributed by atoms with Gasteiger partial charge < -0.3 is 0 Å². The number of rotatable bonds is 4. The highest BCUT2D eigenvalue weighted by atomic mass is 32.2. The maximum absolute atomic E-state index is 13.7. The average Bonchev–Trinajstić information content (AvgIpc) is 2.46. The molecule has 1 aliphatic rings. The van der Waals surface area contributed by atoms with E-state index in [1.165, 1.54) is 16.4 Å². The van der Waals surface area contributed by atoms with Gasteiger partial charge in [0.15, 0.2) is 0 Å². The monoisotopic (exact) mass is 311 g/mol. The first-order chi connectivity index (χ1) is 9.94. The lowest BCUT2D eigenvalue weighted by Crippen LogP contribution is -2.47. The maximum Gasteiger partial charge on any atom is 0.279 e. The van der Waals surface area contributed by atoms with Gasteiger partial charge in [-0.15, -0.1) is 0 Å². The van der Waals surface area contributed by atoms with Crippen molar-refractivity contribution in [3.63, 3.8) is 0 Å². The largest absolute Gasteiger partial charge is 0.279 e. The number of hydrogen-bond acceptors (Lipinski definition) is 3. The van der Waals surface area contributed by atoms with Gasteiger partial charge in [-0.2, -0.15) is 22.7 Å². The van der Waals surface area contributed by atoms with E-state index in [4.69, 9.17) is 5.26 Å². The lowest BCUT2D eigenvalue weighted by Gasteiger charge is -2.32. The van der Waals surface area contributed by atoms with Crippen LogP contribution in [0.1, 0.15) is 37.3 Å². The molecule has 114 valence electrons. The Labute approximate surface area is 124 Å². The normalized spacial score (nSPS) is 20.1. The molecule has 1 aromatic rings. The van der Waals surface area contributed by atoms with E-state index < -0.39 is 16.0 Å². The zero-order valence-corrected chi connectivity index (χ0v) is 12.7. The molecule has 0 aliphatic carbocycles. The van der Waals surface area contributed by atoms with Crippen LogP contribution >= 0.6 is 0 Å². The van der Waals surface area contributed by atoms with Crippen LogP contribution in [0, 0.1) is 17.1 Å². The third-order valence-corrected chi connectivity index (χ3v) is 5.35. The van der Waals surface area contributed by atoms with Crippen molar-refractivity contribution in [2.75, 3.05) is 6.54 Å². The zero-order chi connectivity index (χ0) is 15.5. The minimum absolute atomic E-state index is 0.0398. The summed E-state index contributed by atoms with van der Waals surface area (Å²) in [5, 5.41) is 8.68. The number of nitrogens with one attached hydrogen (secondary N) is 1. The Balaban J connectivity index is 2.06. The molecule has 5 nitrogen and oxygen atoms in total. The highest BCUT2D eigenvalue weighted by molar-refractivity contribution is 7.87.